The van der Waals surface area contributed by atoms with Crippen molar-refractivity contribution in [2.24, 2.45) is 5.84 Å². The minimum absolute atomic E-state index is 0.134. The van der Waals surface area contributed by atoms with Gasteiger partial charge in [-0.15, -0.1) is 0 Å². The summed E-state index contributed by atoms with van der Waals surface area (Å²) < 4.78 is 31.0. The molecule has 0 atom stereocenters. The van der Waals surface area contributed by atoms with Crippen molar-refractivity contribution in [1.82, 2.24) is 9.97 Å². The lowest BCUT2D eigenvalue weighted by Gasteiger charge is -2.07. The first-order chi connectivity index (χ1) is 8.58. The predicted octanol–water partition coefficient (Wildman–Crippen LogP) is 2.14. The minimum Gasteiger partial charge on any atom is -0.439 e. The predicted molar refractivity (Wildman–Crippen MR) is 61.0 cm³/mol. The molecule has 0 fully saturated rings. The van der Waals surface area contributed by atoms with Crippen LogP contribution in [-0.2, 0) is 0 Å². The molecule has 1 heterocycles. The number of halogens is 2. The monoisotopic (exact) mass is 252 g/mol. The molecule has 0 spiro atoms. The van der Waals surface area contributed by atoms with Crippen molar-refractivity contribution in [3.8, 4) is 11.6 Å². The van der Waals surface area contributed by atoms with Crippen LogP contribution in [0, 0.1) is 18.6 Å². The van der Waals surface area contributed by atoms with Crippen LogP contribution in [0.4, 0.5) is 14.6 Å². The van der Waals surface area contributed by atoms with E-state index in [9.17, 15) is 8.78 Å². The Morgan fingerprint density at radius 3 is 2.61 bits per heavy atom. The number of nitrogens with zero attached hydrogens (tertiary/aromatic N) is 2. The fourth-order valence-corrected chi connectivity index (χ4v) is 1.33. The highest BCUT2D eigenvalue weighted by Crippen LogP contribution is 2.22. The number of nitrogens with one attached hydrogen (secondary N) is 1. The molecular formula is C11H10F2N4O. The Hall–Kier alpha value is -2.28. The van der Waals surface area contributed by atoms with E-state index in [-0.39, 0.29) is 11.6 Å². The topological polar surface area (TPSA) is 73.1 Å². The van der Waals surface area contributed by atoms with Crippen LogP contribution < -0.4 is 16.0 Å². The van der Waals surface area contributed by atoms with Gasteiger partial charge < -0.3 is 10.2 Å². The molecule has 0 bridgehead atoms. The number of hydrazine groups is 1. The normalized spacial score (nSPS) is 10.2. The molecular weight excluding hydrogens is 242 g/mol. The van der Waals surface area contributed by atoms with Gasteiger partial charge in [0.2, 0.25) is 5.88 Å². The standard InChI is InChI=1S/C11H10F2N4O/c1-6-15-10(17-14)5-11(16-6)18-7-2-3-8(12)9(13)4-7/h2-5H,14H2,1H3,(H,15,16,17). The van der Waals surface area contributed by atoms with Gasteiger partial charge in [0.25, 0.3) is 0 Å². The van der Waals surface area contributed by atoms with Crippen LogP contribution in [0.5, 0.6) is 11.6 Å². The van der Waals surface area contributed by atoms with Crippen LogP contribution in [0.3, 0.4) is 0 Å². The molecule has 0 aliphatic rings. The van der Waals surface area contributed by atoms with Gasteiger partial charge in [0.15, 0.2) is 11.6 Å². The summed E-state index contributed by atoms with van der Waals surface area (Å²) in [6.45, 7) is 1.65. The third-order valence-electron chi connectivity index (χ3n) is 2.08. The summed E-state index contributed by atoms with van der Waals surface area (Å²) in [5.41, 5.74) is 2.35. The van der Waals surface area contributed by atoms with Crippen LogP contribution in [0.1, 0.15) is 5.82 Å². The first-order valence-electron chi connectivity index (χ1n) is 5.03. The number of anilines is 1. The Kier molecular flexibility index (Phi) is 3.33. The summed E-state index contributed by atoms with van der Waals surface area (Å²) in [4.78, 5) is 7.95. The lowest BCUT2D eigenvalue weighted by Crippen LogP contribution is -2.09. The van der Waals surface area contributed by atoms with Crippen molar-refractivity contribution in [2.45, 2.75) is 6.92 Å². The zero-order chi connectivity index (χ0) is 13.1. The highest BCUT2D eigenvalue weighted by molar-refractivity contribution is 5.38. The molecule has 1 aromatic carbocycles. The first-order valence-corrected chi connectivity index (χ1v) is 5.03. The van der Waals surface area contributed by atoms with Gasteiger partial charge in [0.05, 0.1) is 0 Å². The van der Waals surface area contributed by atoms with Crippen LogP contribution in [0.25, 0.3) is 0 Å². The van der Waals surface area contributed by atoms with Crippen LogP contribution in [0.2, 0.25) is 0 Å². The van der Waals surface area contributed by atoms with E-state index in [4.69, 9.17) is 10.6 Å². The fourth-order valence-electron chi connectivity index (χ4n) is 1.33. The molecule has 0 aliphatic carbocycles. The number of benzene rings is 1. The number of hydrogen-bond acceptors (Lipinski definition) is 5. The van der Waals surface area contributed by atoms with Crippen molar-refractivity contribution in [2.75, 3.05) is 5.43 Å². The van der Waals surface area contributed by atoms with E-state index in [0.717, 1.165) is 12.1 Å². The van der Waals surface area contributed by atoms with Crippen LogP contribution >= 0.6 is 0 Å². The fraction of sp³-hybridized carbons (Fsp3) is 0.0909. The zero-order valence-electron chi connectivity index (χ0n) is 9.45. The third-order valence-corrected chi connectivity index (χ3v) is 2.08. The van der Waals surface area contributed by atoms with E-state index in [1.165, 1.54) is 12.1 Å². The summed E-state index contributed by atoms with van der Waals surface area (Å²) in [6, 6.07) is 4.64. The number of nitrogen functional groups attached to an aromatic ring is 1. The van der Waals surface area contributed by atoms with E-state index >= 15 is 0 Å². The van der Waals surface area contributed by atoms with Gasteiger partial charge in [-0.05, 0) is 19.1 Å². The van der Waals surface area contributed by atoms with Gasteiger partial charge in [0.1, 0.15) is 17.4 Å². The maximum absolute atomic E-state index is 13.0. The molecule has 0 radical (unpaired) electrons. The van der Waals surface area contributed by atoms with Gasteiger partial charge in [-0.1, -0.05) is 0 Å². The highest BCUT2D eigenvalue weighted by Gasteiger charge is 2.07. The number of nitrogens with two attached hydrogens (primary N) is 1. The van der Waals surface area contributed by atoms with E-state index in [0.29, 0.717) is 11.6 Å². The Labute approximate surface area is 102 Å². The molecule has 5 nitrogen and oxygen atoms in total. The second-order valence-electron chi connectivity index (χ2n) is 3.46. The molecule has 0 aliphatic heterocycles. The van der Waals surface area contributed by atoms with Crippen molar-refractivity contribution in [3.63, 3.8) is 0 Å². The summed E-state index contributed by atoms with van der Waals surface area (Å²) in [5, 5.41) is 0. The Morgan fingerprint density at radius 2 is 1.94 bits per heavy atom. The molecule has 2 aromatic rings. The number of aryl methyl sites for hydroxylation is 1. The van der Waals surface area contributed by atoms with Gasteiger partial charge in [-0.2, -0.15) is 4.98 Å². The molecule has 0 saturated heterocycles. The van der Waals surface area contributed by atoms with E-state index in [2.05, 4.69) is 15.4 Å². The molecule has 1 aromatic heterocycles. The third kappa shape index (κ3) is 2.69. The molecule has 3 N–H and O–H groups in total. The summed E-state index contributed by atoms with van der Waals surface area (Å²) in [5.74, 6) is 4.40. The molecule has 2 rings (SSSR count). The number of hydrogen-bond donors (Lipinski definition) is 2. The average molecular weight is 252 g/mol. The molecule has 7 heteroatoms. The van der Waals surface area contributed by atoms with Crippen LogP contribution in [0.15, 0.2) is 24.3 Å². The SMILES string of the molecule is Cc1nc(NN)cc(Oc2ccc(F)c(F)c2)n1. The van der Waals surface area contributed by atoms with Gasteiger partial charge >= 0.3 is 0 Å². The highest BCUT2D eigenvalue weighted by atomic mass is 19.2. The van der Waals surface area contributed by atoms with Gasteiger partial charge in [0, 0.05) is 12.1 Å². The van der Waals surface area contributed by atoms with E-state index < -0.39 is 11.6 Å². The van der Waals surface area contributed by atoms with Crippen molar-refractivity contribution in [3.05, 3.63) is 41.7 Å². The zero-order valence-corrected chi connectivity index (χ0v) is 9.45. The molecule has 0 amide bonds. The summed E-state index contributed by atoms with van der Waals surface area (Å²) in [7, 11) is 0. The minimum atomic E-state index is -0.990. The lowest BCUT2D eigenvalue weighted by atomic mass is 10.3. The lowest BCUT2D eigenvalue weighted by molar-refractivity contribution is 0.445. The second-order valence-corrected chi connectivity index (χ2v) is 3.46. The van der Waals surface area contributed by atoms with E-state index in [1.54, 1.807) is 6.92 Å². The van der Waals surface area contributed by atoms with Crippen LogP contribution in [-0.4, -0.2) is 9.97 Å². The quantitative estimate of drug-likeness (QED) is 0.646. The smallest absolute Gasteiger partial charge is 0.224 e. The first kappa shape index (κ1) is 12.2. The second kappa shape index (κ2) is 4.92. The van der Waals surface area contributed by atoms with Crippen molar-refractivity contribution < 1.29 is 13.5 Å². The number of ether oxygens (including phenoxy) is 1. The number of aromatic nitrogens is 2. The van der Waals surface area contributed by atoms with Gasteiger partial charge in [-0.3, -0.25) is 0 Å². The summed E-state index contributed by atoms with van der Waals surface area (Å²) >= 11 is 0. The average Bonchev–Trinajstić information content (AvgIpc) is 2.33. The number of rotatable bonds is 3. The molecule has 94 valence electrons. The molecule has 18 heavy (non-hydrogen) atoms. The Morgan fingerprint density at radius 1 is 1.17 bits per heavy atom. The molecule has 0 unspecified atom stereocenters. The maximum Gasteiger partial charge on any atom is 0.224 e. The summed E-state index contributed by atoms with van der Waals surface area (Å²) in [6.07, 6.45) is 0. The van der Waals surface area contributed by atoms with Gasteiger partial charge in [-0.25, -0.2) is 19.6 Å². The maximum atomic E-state index is 13.0. The Balaban J connectivity index is 2.27. The van der Waals surface area contributed by atoms with Crippen molar-refractivity contribution in [1.29, 1.82) is 0 Å². The molecule has 0 saturated carbocycles. The Bertz CT molecular complexity index is 577. The van der Waals surface area contributed by atoms with Crippen molar-refractivity contribution >= 4 is 5.82 Å². The largest absolute Gasteiger partial charge is 0.439 e. The van der Waals surface area contributed by atoms with E-state index in [1.807, 2.05) is 0 Å².